The average molecular weight is 226 g/mol. The van der Waals surface area contributed by atoms with Crippen molar-refractivity contribution in [2.24, 2.45) is 5.73 Å². The Labute approximate surface area is 92.0 Å². The van der Waals surface area contributed by atoms with Crippen LogP contribution in [0, 0.1) is 5.41 Å². The summed E-state index contributed by atoms with van der Waals surface area (Å²) in [5.74, 6) is -0.248. The van der Waals surface area contributed by atoms with E-state index in [2.05, 4.69) is 25.6 Å². The molecule has 8 nitrogen and oxygen atoms in total. The second-order valence-corrected chi connectivity index (χ2v) is 3.45. The number of rotatable bonds is 4. The molecule has 0 aliphatic heterocycles. The molecule has 0 saturated heterocycles. The lowest BCUT2D eigenvalue weighted by Gasteiger charge is -2.08. The van der Waals surface area contributed by atoms with Crippen LogP contribution in [0.15, 0.2) is 4.63 Å². The second kappa shape index (κ2) is 5.10. The molecule has 16 heavy (non-hydrogen) atoms. The normalized spacial score (nSPS) is 10.2. The zero-order valence-corrected chi connectivity index (χ0v) is 9.07. The van der Waals surface area contributed by atoms with E-state index in [1.807, 2.05) is 13.8 Å². The van der Waals surface area contributed by atoms with E-state index in [0.717, 1.165) is 0 Å². The Morgan fingerprint density at radius 1 is 1.56 bits per heavy atom. The Hall–Kier alpha value is -2.12. The Morgan fingerprint density at radius 2 is 2.25 bits per heavy atom. The fourth-order valence-electron chi connectivity index (χ4n) is 1.00. The van der Waals surface area contributed by atoms with Gasteiger partial charge in [0.2, 0.25) is 0 Å². The quantitative estimate of drug-likeness (QED) is 0.408. The predicted octanol–water partition coefficient (Wildman–Crippen LogP) is -0.439. The zero-order valence-electron chi connectivity index (χ0n) is 9.07. The lowest BCUT2D eigenvalue weighted by atomic mass is 10.3. The molecule has 1 rings (SSSR count). The van der Waals surface area contributed by atoms with Crippen LogP contribution in [0.1, 0.15) is 25.2 Å². The molecule has 0 bridgehead atoms. The minimum Gasteiger partial charge on any atom is -0.382 e. The highest BCUT2D eigenvalue weighted by molar-refractivity contribution is 5.93. The van der Waals surface area contributed by atoms with Crippen molar-refractivity contribution >= 4 is 11.9 Å². The fraction of sp³-hybridized carbons (Fsp3) is 0.500. The summed E-state index contributed by atoms with van der Waals surface area (Å²) in [4.78, 5) is 11.2. The maximum atomic E-state index is 11.2. The number of nitrogens with one attached hydrogen (secondary N) is 3. The standard InChI is InChI=1S/C8H14N6O2/c1-4(2)12-8(15)11-3-5-6(7(9)10)14-16-13-5/h4H,3H2,1-2H3,(H3,9,10)(H2,11,12,15). The van der Waals surface area contributed by atoms with Gasteiger partial charge in [0.25, 0.3) is 0 Å². The van der Waals surface area contributed by atoms with Crippen LogP contribution in [0.4, 0.5) is 4.79 Å². The zero-order chi connectivity index (χ0) is 12.1. The number of nitrogen functional groups attached to an aromatic ring is 1. The van der Waals surface area contributed by atoms with Gasteiger partial charge in [0.1, 0.15) is 11.5 Å². The van der Waals surface area contributed by atoms with Crippen molar-refractivity contribution in [2.75, 3.05) is 0 Å². The molecule has 0 spiro atoms. The van der Waals surface area contributed by atoms with E-state index in [9.17, 15) is 4.79 Å². The number of nitrogens with two attached hydrogens (primary N) is 1. The van der Waals surface area contributed by atoms with Crippen molar-refractivity contribution in [3.8, 4) is 0 Å². The van der Waals surface area contributed by atoms with Gasteiger partial charge < -0.3 is 16.4 Å². The number of carbonyl (C=O) groups excluding carboxylic acids is 1. The van der Waals surface area contributed by atoms with Crippen molar-refractivity contribution < 1.29 is 9.42 Å². The van der Waals surface area contributed by atoms with Gasteiger partial charge in [-0.1, -0.05) is 5.16 Å². The van der Waals surface area contributed by atoms with E-state index < -0.39 is 0 Å². The van der Waals surface area contributed by atoms with Crippen molar-refractivity contribution in [3.05, 3.63) is 11.4 Å². The highest BCUT2D eigenvalue weighted by atomic mass is 16.6. The molecule has 8 heteroatoms. The number of hydrogen-bond acceptors (Lipinski definition) is 5. The Bertz CT molecular complexity index is 386. The molecule has 0 aromatic carbocycles. The molecule has 0 aliphatic carbocycles. The van der Waals surface area contributed by atoms with Crippen LogP contribution in [-0.4, -0.2) is 28.2 Å². The van der Waals surface area contributed by atoms with Crippen LogP contribution in [0.3, 0.4) is 0 Å². The first-order valence-electron chi connectivity index (χ1n) is 4.71. The van der Waals surface area contributed by atoms with Gasteiger partial charge >= 0.3 is 6.03 Å². The molecule has 88 valence electrons. The summed E-state index contributed by atoms with van der Waals surface area (Å²) < 4.78 is 4.43. The van der Waals surface area contributed by atoms with Crippen LogP contribution in [0.5, 0.6) is 0 Å². The first kappa shape index (κ1) is 12.0. The lowest BCUT2D eigenvalue weighted by Crippen LogP contribution is -2.39. The highest BCUT2D eigenvalue weighted by Crippen LogP contribution is 2.00. The molecular formula is C8H14N6O2. The van der Waals surface area contributed by atoms with Gasteiger partial charge in [-0.2, -0.15) is 0 Å². The number of hydrogen-bond donors (Lipinski definition) is 4. The summed E-state index contributed by atoms with van der Waals surface area (Å²) in [6, 6.07) is -0.282. The second-order valence-electron chi connectivity index (χ2n) is 3.45. The summed E-state index contributed by atoms with van der Waals surface area (Å²) in [5.41, 5.74) is 5.71. The average Bonchev–Trinajstić information content (AvgIpc) is 2.61. The van der Waals surface area contributed by atoms with E-state index in [1.165, 1.54) is 0 Å². The van der Waals surface area contributed by atoms with Crippen LogP contribution in [0.2, 0.25) is 0 Å². The first-order valence-corrected chi connectivity index (χ1v) is 4.71. The Kier molecular flexibility index (Phi) is 3.81. The summed E-state index contributed by atoms with van der Waals surface area (Å²) in [6.45, 7) is 3.80. The number of amidine groups is 1. The highest BCUT2D eigenvalue weighted by Gasteiger charge is 2.13. The Morgan fingerprint density at radius 3 is 2.81 bits per heavy atom. The van der Waals surface area contributed by atoms with Gasteiger partial charge in [-0.25, -0.2) is 9.42 Å². The van der Waals surface area contributed by atoms with Crippen molar-refractivity contribution in [2.45, 2.75) is 26.4 Å². The minimum absolute atomic E-state index is 0.0442. The van der Waals surface area contributed by atoms with Crippen LogP contribution in [0.25, 0.3) is 0 Å². The summed E-state index contributed by atoms with van der Waals surface area (Å²) >= 11 is 0. The van der Waals surface area contributed by atoms with Gasteiger partial charge in [0.05, 0.1) is 6.54 Å². The summed E-state index contributed by atoms with van der Waals surface area (Å²) in [5, 5.41) is 19.4. The number of aromatic nitrogens is 2. The number of nitrogens with zero attached hydrogens (tertiary/aromatic N) is 2. The molecule has 1 heterocycles. The fourth-order valence-corrected chi connectivity index (χ4v) is 1.00. The molecule has 5 N–H and O–H groups in total. The molecule has 0 fully saturated rings. The minimum atomic E-state index is -0.326. The summed E-state index contributed by atoms with van der Waals surface area (Å²) in [6.07, 6.45) is 0. The van der Waals surface area contributed by atoms with E-state index >= 15 is 0 Å². The van der Waals surface area contributed by atoms with E-state index in [4.69, 9.17) is 11.1 Å². The maximum Gasteiger partial charge on any atom is 0.315 e. The molecule has 0 atom stereocenters. The maximum absolute atomic E-state index is 11.2. The van der Waals surface area contributed by atoms with Crippen molar-refractivity contribution in [1.82, 2.24) is 20.9 Å². The van der Waals surface area contributed by atoms with Crippen LogP contribution in [-0.2, 0) is 6.54 Å². The summed E-state index contributed by atoms with van der Waals surface area (Å²) in [7, 11) is 0. The smallest absolute Gasteiger partial charge is 0.315 e. The molecule has 1 aromatic rings. The van der Waals surface area contributed by atoms with Crippen molar-refractivity contribution in [3.63, 3.8) is 0 Å². The largest absolute Gasteiger partial charge is 0.382 e. The first-order chi connectivity index (χ1) is 7.50. The third kappa shape index (κ3) is 3.23. The third-order valence-corrected chi connectivity index (χ3v) is 1.65. The molecule has 1 aromatic heterocycles. The van der Waals surface area contributed by atoms with E-state index in [0.29, 0.717) is 5.69 Å². The van der Waals surface area contributed by atoms with E-state index in [1.54, 1.807) is 0 Å². The molecule has 0 unspecified atom stereocenters. The monoisotopic (exact) mass is 226 g/mol. The SMILES string of the molecule is CC(C)NC(=O)NCc1nonc1C(=N)N. The van der Waals surface area contributed by atoms with Crippen LogP contribution < -0.4 is 16.4 Å². The number of urea groups is 1. The molecule has 0 saturated carbocycles. The van der Waals surface area contributed by atoms with Gasteiger partial charge in [0.15, 0.2) is 5.69 Å². The Balaban J connectivity index is 2.51. The van der Waals surface area contributed by atoms with Crippen LogP contribution >= 0.6 is 0 Å². The predicted molar refractivity (Wildman–Crippen MR) is 55.8 cm³/mol. The molecule has 0 aliphatic rings. The van der Waals surface area contributed by atoms with Gasteiger partial charge in [0, 0.05) is 6.04 Å². The van der Waals surface area contributed by atoms with Gasteiger partial charge in [-0.3, -0.25) is 5.41 Å². The van der Waals surface area contributed by atoms with Gasteiger partial charge in [-0.15, -0.1) is 0 Å². The number of carbonyl (C=O) groups is 1. The third-order valence-electron chi connectivity index (χ3n) is 1.65. The topological polar surface area (TPSA) is 130 Å². The molecule has 2 amide bonds. The lowest BCUT2D eigenvalue weighted by molar-refractivity contribution is 0.237. The number of amides is 2. The molecular weight excluding hydrogens is 212 g/mol. The van der Waals surface area contributed by atoms with Gasteiger partial charge in [-0.05, 0) is 19.0 Å². The molecule has 0 radical (unpaired) electrons. The van der Waals surface area contributed by atoms with Crippen molar-refractivity contribution in [1.29, 1.82) is 5.41 Å². The van der Waals surface area contributed by atoms with E-state index in [-0.39, 0.29) is 30.1 Å².